The molecular formula is C11H16ClNOS. The molecule has 0 spiro atoms. The van der Waals surface area contributed by atoms with Gasteiger partial charge in [-0.05, 0) is 13.8 Å². The molecule has 0 bridgehead atoms. The number of rotatable bonds is 5. The van der Waals surface area contributed by atoms with Gasteiger partial charge in [0.2, 0.25) is 0 Å². The van der Waals surface area contributed by atoms with Gasteiger partial charge >= 0.3 is 0 Å². The molecule has 1 aromatic heterocycles. The van der Waals surface area contributed by atoms with Gasteiger partial charge in [0.1, 0.15) is 5.75 Å². The number of hydrogen-bond donors (Lipinski definition) is 0. The molecule has 0 aliphatic rings. The predicted molar refractivity (Wildman–Crippen MR) is 67.1 cm³/mol. The second kappa shape index (κ2) is 6.23. The lowest BCUT2D eigenvalue weighted by Crippen LogP contribution is -1.99. The van der Waals surface area contributed by atoms with E-state index in [1.54, 1.807) is 18.9 Å². The zero-order valence-electron chi connectivity index (χ0n) is 9.34. The number of nitrogens with zero attached hydrogens (tertiary/aromatic N) is 1. The van der Waals surface area contributed by atoms with Crippen molar-refractivity contribution in [1.29, 1.82) is 0 Å². The molecule has 0 aliphatic heterocycles. The van der Waals surface area contributed by atoms with Crippen molar-refractivity contribution in [3.63, 3.8) is 0 Å². The van der Waals surface area contributed by atoms with Crippen molar-refractivity contribution < 1.29 is 4.74 Å². The lowest BCUT2D eigenvalue weighted by Gasteiger charge is -2.11. The van der Waals surface area contributed by atoms with Crippen molar-refractivity contribution >= 4 is 23.4 Å². The molecule has 0 aliphatic carbocycles. The van der Waals surface area contributed by atoms with E-state index in [0.29, 0.717) is 5.88 Å². The largest absolute Gasteiger partial charge is 0.496 e. The number of halogens is 1. The number of alkyl halides is 1. The van der Waals surface area contributed by atoms with Gasteiger partial charge in [-0.3, -0.25) is 4.98 Å². The van der Waals surface area contributed by atoms with Crippen LogP contribution in [-0.2, 0) is 5.75 Å². The Kier molecular flexibility index (Phi) is 5.26. The molecule has 84 valence electrons. The topological polar surface area (TPSA) is 22.1 Å². The minimum atomic E-state index is 0.687. The van der Waals surface area contributed by atoms with Crippen molar-refractivity contribution in [3.05, 3.63) is 23.0 Å². The van der Waals surface area contributed by atoms with Crippen LogP contribution in [0.4, 0.5) is 0 Å². The maximum absolute atomic E-state index is 5.63. The minimum absolute atomic E-state index is 0.687. The van der Waals surface area contributed by atoms with Crippen molar-refractivity contribution in [2.45, 2.75) is 19.6 Å². The van der Waals surface area contributed by atoms with Gasteiger partial charge in [0.05, 0.1) is 12.8 Å². The molecule has 0 amide bonds. The quantitative estimate of drug-likeness (QED) is 0.588. The third kappa shape index (κ3) is 3.28. The first kappa shape index (κ1) is 12.7. The molecule has 4 heteroatoms. The lowest BCUT2D eigenvalue weighted by molar-refractivity contribution is 0.407. The molecule has 0 unspecified atom stereocenters. The molecular weight excluding hydrogens is 230 g/mol. The number of aryl methyl sites for hydroxylation is 1. The van der Waals surface area contributed by atoms with E-state index in [2.05, 4.69) is 11.9 Å². The van der Waals surface area contributed by atoms with Gasteiger partial charge in [-0.15, -0.1) is 11.6 Å². The second-order valence-corrected chi connectivity index (χ2v) is 4.77. The highest BCUT2D eigenvalue weighted by Gasteiger charge is 2.08. The maximum Gasteiger partial charge on any atom is 0.128 e. The molecule has 0 saturated carbocycles. The number of methoxy groups -OCH3 is 1. The van der Waals surface area contributed by atoms with Crippen molar-refractivity contribution in [2.75, 3.05) is 18.7 Å². The fraction of sp³-hybridized carbons (Fsp3) is 0.545. The molecule has 0 radical (unpaired) electrons. The van der Waals surface area contributed by atoms with Crippen molar-refractivity contribution in [1.82, 2.24) is 4.98 Å². The highest BCUT2D eigenvalue weighted by Crippen LogP contribution is 2.26. The van der Waals surface area contributed by atoms with Gasteiger partial charge < -0.3 is 4.74 Å². The van der Waals surface area contributed by atoms with Gasteiger partial charge in [-0.1, -0.05) is 0 Å². The van der Waals surface area contributed by atoms with E-state index in [9.17, 15) is 0 Å². The number of thioether (sulfide) groups is 1. The Morgan fingerprint density at radius 2 is 2.20 bits per heavy atom. The van der Waals surface area contributed by atoms with Crippen molar-refractivity contribution in [2.24, 2.45) is 0 Å². The van der Waals surface area contributed by atoms with Crippen LogP contribution in [0.25, 0.3) is 0 Å². The standard InChI is InChI=1S/C11H16ClNOS/c1-8-6-13-10(7-15-5-4-12)9(2)11(8)14-3/h6H,4-5,7H2,1-3H3. The van der Waals surface area contributed by atoms with Crippen LogP contribution >= 0.6 is 23.4 Å². The molecule has 15 heavy (non-hydrogen) atoms. The van der Waals surface area contributed by atoms with E-state index in [0.717, 1.165) is 34.1 Å². The summed E-state index contributed by atoms with van der Waals surface area (Å²) >= 11 is 7.42. The summed E-state index contributed by atoms with van der Waals surface area (Å²) in [5, 5.41) is 0. The van der Waals surface area contributed by atoms with Crippen LogP contribution in [0.5, 0.6) is 5.75 Å². The summed E-state index contributed by atoms with van der Waals surface area (Å²) < 4.78 is 5.35. The zero-order chi connectivity index (χ0) is 11.3. The minimum Gasteiger partial charge on any atom is -0.496 e. The van der Waals surface area contributed by atoms with E-state index >= 15 is 0 Å². The normalized spacial score (nSPS) is 10.4. The Balaban J connectivity index is 2.80. The summed E-state index contributed by atoms with van der Waals surface area (Å²) in [6.45, 7) is 4.06. The average molecular weight is 246 g/mol. The Hall–Kier alpha value is -0.410. The average Bonchev–Trinajstić information content (AvgIpc) is 2.22. The Morgan fingerprint density at radius 3 is 2.80 bits per heavy atom. The van der Waals surface area contributed by atoms with E-state index in [-0.39, 0.29) is 0 Å². The highest BCUT2D eigenvalue weighted by atomic mass is 35.5. The molecule has 0 N–H and O–H groups in total. The molecule has 0 fully saturated rings. The van der Waals surface area contributed by atoms with E-state index in [1.165, 1.54) is 0 Å². The molecule has 1 heterocycles. The summed E-state index contributed by atoms with van der Waals surface area (Å²) in [4.78, 5) is 4.41. The monoisotopic (exact) mass is 245 g/mol. The van der Waals surface area contributed by atoms with Crippen LogP contribution in [0.3, 0.4) is 0 Å². The van der Waals surface area contributed by atoms with Crippen LogP contribution in [0.2, 0.25) is 0 Å². The van der Waals surface area contributed by atoms with Gasteiger partial charge in [-0.2, -0.15) is 11.8 Å². The molecule has 1 aromatic rings. The summed E-state index contributed by atoms with van der Waals surface area (Å²) in [7, 11) is 1.70. The lowest BCUT2D eigenvalue weighted by atomic mass is 10.1. The van der Waals surface area contributed by atoms with Gasteiger partial charge in [-0.25, -0.2) is 0 Å². The summed E-state index contributed by atoms with van der Waals surface area (Å²) in [5.41, 5.74) is 3.31. The molecule has 2 nitrogen and oxygen atoms in total. The van der Waals surface area contributed by atoms with Crippen LogP contribution in [0, 0.1) is 13.8 Å². The number of hydrogen-bond acceptors (Lipinski definition) is 3. The zero-order valence-corrected chi connectivity index (χ0v) is 10.9. The first-order chi connectivity index (χ1) is 7.20. The van der Waals surface area contributed by atoms with E-state index < -0.39 is 0 Å². The summed E-state index contributed by atoms with van der Waals surface area (Å²) in [6, 6.07) is 0. The summed E-state index contributed by atoms with van der Waals surface area (Å²) in [6.07, 6.45) is 1.86. The van der Waals surface area contributed by atoms with Crippen molar-refractivity contribution in [3.8, 4) is 5.75 Å². The number of pyridine rings is 1. The van der Waals surface area contributed by atoms with Crippen LogP contribution in [0.1, 0.15) is 16.8 Å². The van der Waals surface area contributed by atoms with Crippen LogP contribution in [-0.4, -0.2) is 23.7 Å². The first-order valence-electron chi connectivity index (χ1n) is 4.83. The Bertz CT molecular complexity index is 331. The van der Waals surface area contributed by atoms with E-state index in [1.807, 2.05) is 13.1 Å². The predicted octanol–water partition coefficient (Wildman–Crippen LogP) is 3.18. The number of ether oxygens (including phenoxy) is 1. The second-order valence-electron chi connectivity index (χ2n) is 3.29. The van der Waals surface area contributed by atoms with Gasteiger partial charge in [0.25, 0.3) is 0 Å². The Labute approximate surface area is 100 Å². The molecule has 0 saturated heterocycles. The van der Waals surface area contributed by atoms with Gasteiger partial charge in [0.15, 0.2) is 0 Å². The molecule has 0 atom stereocenters. The number of aromatic nitrogens is 1. The highest BCUT2D eigenvalue weighted by molar-refractivity contribution is 7.98. The fourth-order valence-corrected chi connectivity index (χ4v) is 2.51. The third-order valence-electron chi connectivity index (χ3n) is 2.21. The SMILES string of the molecule is COc1c(C)cnc(CSCCCl)c1C. The Morgan fingerprint density at radius 1 is 1.47 bits per heavy atom. The van der Waals surface area contributed by atoms with Crippen LogP contribution in [0.15, 0.2) is 6.20 Å². The fourth-order valence-electron chi connectivity index (χ4n) is 1.44. The first-order valence-corrected chi connectivity index (χ1v) is 6.52. The third-order valence-corrected chi connectivity index (χ3v) is 3.59. The van der Waals surface area contributed by atoms with E-state index in [4.69, 9.17) is 16.3 Å². The summed E-state index contributed by atoms with van der Waals surface area (Å²) in [5.74, 6) is 3.49. The smallest absolute Gasteiger partial charge is 0.128 e. The maximum atomic E-state index is 5.63. The molecule has 1 rings (SSSR count). The molecule has 0 aromatic carbocycles. The van der Waals surface area contributed by atoms with Crippen LogP contribution < -0.4 is 4.74 Å². The van der Waals surface area contributed by atoms with Gasteiger partial charge in [0, 0.05) is 34.7 Å².